The van der Waals surface area contributed by atoms with E-state index in [9.17, 15) is 5.11 Å². The first-order valence-corrected chi connectivity index (χ1v) is 10.1. The van der Waals surface area contributed by atoms with Gasteiger partial charge in [-0.1, -0.05) is 82.0 Å². The SMILES string of the molecule is CCCCCN(CCCCC)CC[C@@H](O)c1cccc2ccccc12. The quantitative estimate of drug-likeness (QED) is 0.482. The summed E-state index contributed by atoms with van der Waals surface area (Å²) in [4.78, 5) is 2.56. The number of hydrogen-bond acceptors (Lipinski definition) is 2. The first-order valence-electron chi connectivity index (χ1n) is 10.1. The van der Waals surface area contributed by atoms with Gasteiger partial charge in [-0.2, -0.15) is 0 Å². The summed E-state index contributed by atoms with van der Waals surface area (Å²) in [7, 11) is 0. The standard InChI is InChI=1S/C23H35NO/c1-3-5-9-17-24(18-10-6-4-2)19-16-23(25)22-15-11-13-20-12-7-8-14-21(20)22/h7-8,11-15,23,25H,3-6,9-10,16-19H2,1-2H3/t23-/m1/s1. The minimum atomic E-state index is -0.383. The maximum atomic E-state index is 10.8. The third-order valence-electron chi connectivity index (χ3n) is 5.06. The van der Waals surface area contributed by atoms with Crippen molar-refractivity contribution in [1.82, 2.24) is 4.90 Å². The molecule has 25 heavy (non-hydrogen) atoms. The Morgan fingerprint density at radius 1 is 0.800 bits per heavy atom. The van der Waals surface area contributed by atoms with Gasteiger partial charge in [-0.3, -0.25) is 0 Å². The molecule has 1 N–H and O–H groups in total. The maximum absolute atomic E-state index is 10.8. The van der Waals surface area contributed by atoms with Crippen LogP contribution in [0.15, 0.2) is 42.5 Å². The first kappa shape index (κ1) is 19.9. The van der Waals surface area contributed by atoms with Gasteiger partial charge in [0.1, 0.15) is 0 Å². The molecule has 0 heterocycles. The number of aliphatic hydroxyl groups is 1. The molecule has 0 spiro atoms. The summed E-state index contributed by atoms with van der Waals surface area (Å²) >= 11 is 0. The van der Waals surface area contributed by atoms with Gasteiger partial charge in [0, 0.05) is 6.54 Å². The number of rotatable bonds is 12. The maximum Gasteiger partial charge on any atom is 0.0808 e. The second kappa shape index (κ2) is 11.3. The van der Waals surface area contributed by atoms with E-state index in [0.29, 0.717) is 0 Å². The fourth-order valence-electron chi connectivity index (χ4n) is 3.51. The van der Waals surface area contributed by atoms with Gasteiger partial charge in [-0.25, -0.2) is 0 Å². The zero-order chi connectivity index (χ0) is 17.9. The van der Waals surface area contributed by atoms with Crippen LogP contribution in [0, 0.1) is 0 Å². The van der Waals surface area contributed by atoms with Gasteiger partial charge >= 0.3 is 0 Å². The lowest BCUT2D eigenvalue weighted by Gasteiger charge is -2.24. The highest BCUT2D eigenvalue weighted by molar-refractivity contribution is 5.85. The van der Waals surface area contributed by atoms with E-state index >= 15 is 0 Å². The van der Waals surface area contributed by atoms with Crippen molar-refractivity contribution < 1.29 is 5.11 Å². The highest BCUT2D eigenvalue weighted by Gasteiger charge is 2.13. The van der Waals surface area contributed by atoms with E-state index in [1.54, 1.807) is 0 Å². The van der Waals surface area contributed by atoms with Crippen molar-refractivity contribution >= 4 is 10.8 Å². The van der Waals surface area contributed by atoms with Crippen molar-refractivity contribution in [3.05, 3.63) is 48.0 Å². The van der Waals surface area contributed by atoms with Crippen LogP contribution in [0.5, 0.6) is 0 Å². The summed E-state index contributed by atoms with van der Waals surface area (Å²) < 4.78 is 0. The number of nitrogens with zero attached hydrogens (tertiary/aromatic N) is 1. The normalized spacial score (nSPS) is 12.8. The zero-order valence-corrected chi connectivity index (χ0v) is 16.1. The Kier molecular flexibility index (Phi) is 8.99. The van der Waals surface area contributed by atoms with Crippen molar-refractivity contribution in [2.24, 2.45) is 0 Å². The van der Waals surface area contributed by atoms with E-state index in [-0.39, 0.29) is 6.10 Å². The molecule has 0 saturated carbocycles. The van der Waals surface area contributed by atoms with Crippen LogP contribution in [0.25, 0.3) is 10.8 Å². The van der Waals surface area contributed by atoms with Crippen LogP contribution in [-0.2, 0) is 0 Å². The van der Waals surface area contributed by atoms with Gasteiger partial charge in [-0.15, -0.1) is 0 Å². The number of fused-ring (bicyclic) bond motifs is 1. The lowest BCUT2D eigenvalue weighted by atomic mass is 9.98. The van der Waals surface area contributed by atoms with Gasteiger partial charge in [0.05, 0.1) is 6.10 Å². The molecule has 0 bridgehead atoms. The lowest BCUT2D eigenvalue weighted by Crippen LogP contribution is -2.28. The Balaban J connectivity index is 1.94. The van der Waals surface area contributed by atoms with Gasteiger partial charge in [0.25, 0.3) is 0 Å². The summed E-state index contributed by atoms with van der Waals surface area (Å²) in [6, 6.07) is 14.6. The number of aliphatic hydroxyl groups excluding tert-OH is 1. The summed E-state index contributed by atoms with van der Waals surface area (Å²) in [5, 5.41) is 13.2. The Bertz CT molecular complexity index is 595. The second-order valence-electron chi connectivity index (χ2n) is 7.13. The van der Waals surface area contributed by atoms with Crippen LogP contribution in [0.1, 0.15) is 70.5 Å². The van der Waals surface area contributed by atoms with Crippen LogP contribution < -0.4 is 0 Å². The van der Waals surface area contributed by atoms with Crippen LogP contribution in [-0.4, -0.2) is 29.6 Å². The fraction of sp³-hybridized carbons (Fsp3) is 0.565. The molecule has 0 aliphatic heterocycles. The monoisotopic (exact) mass is 341 g/mol. The molecule has 2 aromatic rings. The molecule has 0 saturated heterocycles. The molecule has 0 aliphatic rings. The third-order valence-corrected chi connectivity index (χ3v) is 5.06. The molecule has 138 valence electrons. The van der Waals surface area contributed by atoms with E-state index in [1.165, 1.54) is 62.4 Å². The van der Waals surface area contributed by atoms with Crippen molar-refractivity contribution in [2.75, 3.05) is 19.6 Å². The molecule has 2 aromatic carbocycles. The predicted octanol–water partition coefficient (Wildman–Crippen LogP) is 5.95. The summed E-state index contributed by atoms with van der Waals surface area (Å²) in [5.74, 6) is 0. The smallest absolute Gasteiger partial charge is 0.0808 e. The topological polar surface area (TPSA) is 23.5 Å². The zero-order valence-electron chi connectivity index (χ0n) is 16.1. The molecule has 2 nitrogen and oxygen atoms in total. The minimum Gasteiger partial charge on any atom is -0.388 e. The minimum absolute atomic E-state index is 0.383. The predicted molar refractivity (Wildman–Crippen MR) is 109 cm³/mol. The summed E-state index contributed by atoms with van der Waals surface area (Å²) in [6.45, 7) is 7.83. The van der Waals surface area contributed by atoms with Gasteiger partial charge in [-0.05, 0) is 48.7 Å². The molecular weight excluding hydrogens is 306 g/mol. The number of benzene rings is 2. The Hall–Kier alpha value is -1.38. The Labute approximate surface area is 153 Å². The van der Waals surface area contributed by atoms with Crippen LogP contribution in [0.3, 0.4) is 0 Å². The molecule has 2 rings (SSSR count). The van der Waals surface area contributed by atoms with Crippen LogP contribution >= 0.6 is 0 Å². The van der Waals surface area contributed by atoms with Gasteiger partial charge in [0.2, 0.25) is 0 Å². The largest absolute Gasteiger partial charge is 0.388 e. The Morgan fingerprint density at radius 2 is 1.44 bits per heavy atom. The van der Waals surface area contributed by atoms with Crippen molar-refractivity contribution in [3.8, 4) is 0 Å². The molecule has 0 aromatic heterocycles. The van der Waals surface area contributed by atoms with Crippen molar-refractivity contribution in [3.63, 3.8) is 0 Å². The van der Waals surface area contributed by atoms with Gasteiger partial charge < -0.3 is 10.0 Å². The van der Waals surface area contributed by atoms with E-state index in [4.69, 9.17) is 0 Å². The van der Waals surface area contributed by atoms with E-state index in [0.717, 1.165) is 18.5 Å². The van der Waals surface area contributed by atoms with Gasteiger partial charge in [0.15, 0.2) is 0 Å². The van der Waals surface area contributed by atoms with E-state index < -0.39 is 0 Å². The molecule has 0 unspecified atom stereocenters. The second-order valence-corrected chi connectivity index (χ2v) is 7.13. The first-order chi connectivity index (χ1) is 12.3. The lowest BCUT2D eigenvalue weighted by molar-refractivity contribution is 0.141. The van der Waals surface area contributed by atoms with Crippen LogP contribution in [0.4, 0.5) is 0 Å². The Morgan fingerprint density at radius 3 is 2.12 bits per heavy atom. The molecular formula is C23H35NO. The number of hydrogen-bond donors (Lipinski definition) is 1. The fourth-order valence-corrected chi connectivity index (χ4v) is 3.51. The molecule has 0 fully saturated rings. The van der Waals surface area contributed by atoms with E-state index in [2.05, 4.69) is 61.2 Å². The highest BCUT2D eigenvalue weighted by atomic mass is 16.3. The highest BCUT2D eigenvalue weighted by Crippen LogP contribution is 2.26. The average molecular weight is 342 g/mol. The van der Waals surface area contributed by atoms with Crippen molar-refractivity contribution in [2.45, 2.75) is 64.9 Å². The molecule has 2 heteroatoms. The van der Waals surface area contributed by atoms with E-state index in [1.807, 2.05) is 0 Å². The number of unbranched alkanes of at least 4 members (excludes halogenated alkanes) is 4. The third kappa shape index (κ3) is 6.45. The van der Waals surface area contributed by atoms with Crippen molar-refractivity contribution in [1.29, 1.82) is 0 Å². The molecule has 1 atom stereocenters. The van der Waals surface area contributed by atoms with Crippen LogP contribution in [0.2, 0.25) is 0 Å². The molecule has 0 amide bonds. The molecule has 0 aliphatic carbocycles. The average Bonchev–Trinajstić information content (AvgIpc) is 2.65. The molecule has 0 radical (unpaired) electrons. The summed E-state index contributed by atoms with van der Waals surface area (Å²) in [6.07, 6.45) is 8.10. The summed E-state index contributed by atoms with van der Waals surface area (Å²) in [5.41, 5.74) is 1.07.